The summed E-state index contributed by atoms with van der Waals surface area (Å²) in [5, 5.41) is 13.0. The summed E-state index contributed by atoms with van der Waals surface area (Å²) in [6.07, 6.45) is 0. The van der Waals surface area contributed by atoms with E-state index in [2.05, 4.69) is 327 Å². The van der Waals surface area contributed by atoms with Crippen LogP contribution in [0.1, 0.15) is 132 Å². The average Bonchev–Trinajstić information content (AvgIpc) is 1.65. The highest BCUT2D eigenvalue weighted by atomic mass is 32.1. The molecule has 5 heteroatoms. The number of hydrogen-bond acceptors (Lipinski definition) is 4. The van der Waals surface area contributed by atoms with E-state index in [1.807, 2.05) is 46.9 Å². The summed E-state index contributed by atoms with van der Waals surface area (Å²) in [5.41, 5.74) is 15.4. The van der Waals surface area contributed by atoms with Crippen LogP contribution in [0.25, 0.3) is 112 Å². The van der Waals surface area contributed by atoms with Crippen molar-refractivity contribution in [3.63, 3.8) is 0 Å². The van der Waals surface area contributed by atoms with E-state index >= 15 is 0 Å². The third-order valence-electron chi connectivity index (χ3n) is 17.5. The lowest BCUT2D eigenvalue weighted by molar-refractivity contribution is 0.573. The van der Waals surface area contributed by atoms with Crippen LogP contribution >= 0.6 is 22.7 Å². The summed E-state index contributed by atoms with van der Waals surface area (Å²) in [5.74, 6) is 0. The highest BCUT2D eigenvalue weighted by Gasteiger charge is 2.23. The molecule has 0 spiro atoms. The molecule has 5 aromatic heterocycles. The quantitative estimate of drug-likeness (QED) is 0.164. The van der Waals surface area contributed by atoms with Gasteiger partial charge in [0.05, 0.1) is 11.0 Å². The van der Waals surface area contributed by atoms with Gasteiger partial charge in [0.1, 0.15) is 22.3 Å². The number of hydrogen-bond donors (Lipinski definition) is 0. The summed E-state index contributed by atoms with van der Waals surface area (Å²) in [6.45, 7) is 33.8. The van der Waals surface area contributed by atoms with Crippen molar-refractivity contribution in [2.24, 2.45) is 0 Å². The Kier molecular flexibility index (Phi) is 16.8. The predicted molar refractivity (Wildman–Crippen MR) is 400 cm³/mol. The molecule has 16 aromatic rings. The van der Waals surface area contributed by atoms with E-state index in [0.29, 0.717) is 0 Å². The smallest absolute Gasteiger partial charge is 0.139 e. The largest absolute Gasteiger partial charge is 0.456 e. The minimum Gasteiger partial charge on any atom is -0.456 e. The van der Waals surface area contributed by atoms with Gasteiger partial charge in [-0.3, -0.25) is 0 Å². The molecule has 0 aliphatic rings. The van der Waals surface area contributed by atoms with Gasteiger partial charge in [-0.25, -0.2) is 0 Å². The zero-order valence-electron chi connectivity index (χ0n) is 55.7. The SMILES string of the molecule is CC(C)(C)c1ccc(-n2c3ccccc3c3ccccc32)cc1.CC(C)(C)c1ccc2oc3ccccc3c2c1.CC(C)(C)c1ccc2sc3ccccc3c2c1.CC(C)(C)c1cccc2c1oc1ccccc12.CC(C)(C)c1cccc2c1sc1ccccc12. The van der Waals surface area contributed by atoms with E-state index in [-0.39, 0.29) is 27.1 Å². The van der Waals surface area contributed by atoms with E-state index in [4.69, 9.17) is 8.83 Å². The highest BCUT2D eigenvalue weighted by molar-refractivity contribution is 7.26. The topological polar surface area (TPSA) is 31.2 Å². The molecule has 16 rings (SSSR count). The summed E-state index contributed by atoms with van der Waals surface area (Å²) >= 11 is 3.80. The van der Waals surface area contributed by atoms with Gasteiger partial charge in [-0.15, -0.1) is 22.7 Å². The molecule has 0 bridgehead atoms. The summed E-state index contributed by atoms with van der Waals surface area (Å²) in [4.78, 5) is 0. The Morgan fingerprint density at radius 1 is 0.264 bits per heavy atom. The second kappa shape index (κ2) is 24.5. The zero-order chi connectivity index (χ0) is 64.2. The minimum atomic E-state index is 0.105. The van der Waals surface area contributed by atoms with Gasteiger partial charge in [0.2, 0.25) is 0 Å². The molecule has 0 radical (unpaired) electrons. The second-order valence-corrected chi connectivity index (χ2v) is 31.5. The maximum atomic E-state index is 6.01. The van der Waals surface area contributed by atoms with Crippen molar-refractivity contribution < 1.29 is 8.83 Å². The summed E-state index contributed by atoms with van der Waals surface area (Å²) in [7, 11) is 0. The maximum Gasteiger partial charge on any atom is 0.139 e. The first-order chi connectivity index (χ1) is 43.3. The standard InChI is InChI=1S/C22H21N.2C16H16O.2C16H16S/c1-22(2,3)16-12-14-17(15-13-16)23-20-10-6-4-8-18(20)19-9-5-7-11-21(19)23;1-16(2,3)13-9-6-8-12-11-7-4-5-10-14(11)17-15(12)13;1-16(2,3)11-8-9-15-13(10-11)12-6-4-5-7-14(12)17-15;1-16(2,3)13-9-6-8-12-11-7-4-5-10-14(11)17-15(12)13;1-16(2,3)11-8-9-15-13(10-11)12-6-4-5-7-14(12)17-15/h4-15H,1-3H3;4*4-10H,1-3H3. The van der Waals surface area contributed by atoms with Crippen LogP contribution in [-0.2, 0) is 27.1 Å². The lowest BCUT2D eigenvalue weighted by Crippen LogP contribution is -2.10. The van der Waals surface area contributed by atoms with Crippen molar-refractivity contribution >= 4 is 129 Å². The fourth-order valence-corrected chi connectivity index (χ4v) is 14.9. The molecule has 5 heterocycles. The van der Waals surface area contributed by atoms with Crippen molar-refractivity contribution in [1.29, 1.82) is 0 Å². The van der Waals surface area contributed by atoms with Crippen LogP contribution in [0, 0.1) is 0 Å². The van der Waals surface area contributed by atoms with Gasteiger partial charge >= 0.3 is 0 Å². The minimum absolute atomic E-state index is 0.105. The number of benzene rings is 11. The molecular formula is C86H85NO2S2. The Labute approximate surface area is 545 Å². The summed E-state index contributed by atoms with van der Waals surface area (Å²) < 4.78 is 19.8. The molecule has 0 amide bonds. The number of para-hydroxylation sites is 5. The van der Waals surface area contributed by atoms with Crippen molar-refractivity contribution in [1.82, 2.24) is 4.57 Å². The molecule has 0 aliphatic carbocycles. The number of fused-ring (bicyclic) bond motifs is 15. The number of furan rings is 2. The molecule has 91 heavy (non-hydrogen) atoms. The Morgan fingerprint density at radius 3 is 1.22 bits per heavy atom. The second-order valence-electron chi connectivity index (χ2n) is 29.3. The van der Waals surface area contributed by atoms with Gasteiger partial charge < -0.3 is 13.4 Å². The normalized spacial score (nSPS) is 12.3. The third-order valence-corrected chi connectivity index (χ3v) is 19.9. The highest BCUT2D eigenvalue weighted by Crippen LogP contribution is 2.42. The van der Waals surface area contributed by atoms with E-state index in [1.165, 1.54) is 117 Å². The van der Waals surface area contributed by atoms with Crippen LogP contribution in [0.3, 0.4) is 0 Å². The lowest BCUT2D eigenvalue weighted by Gasteiger charge is -2.19. The summed E-state index contributed by atoms with van der Waals surface area (Å²) in [6, 6.07) is 86.5. The number of nitrogens with zero attached hydrogens (tertiary/aromatic N) is 1. The molecule has 0 atom stereocenters. The van der Waals surface area contributed by atoms with E-state index in [9.17, 15) is 0 Å². The van der Waals surface area contributed by atoms with Crippen LogP contribution in [0.2, 0.25) is 0 Å². The van der Waals surface area contributed by atoms with Crippen molar-refractivity contribution in [3.8, 4) is 5.69 Å². The molecule has 3 nitrogen and oxygen atoms in total. The van der Waals surface area contributed by atoms with Crippen molar-refractivity contribution in [2.75, 3.05) is 0 Å². The average molecular weight is 1230 g/mol. The lowest BCUT2D eigenvalue weighted by atomic mass is 9.86. The van der Waals surface area contributed by atoms with Crippen LogP contribution < -0.4 is 0 Å². The molecule has 0 saturated heterocycles. The molecule has 0 saturated carbocycles. The Hall–Kier alpha value is -8.74. The van der Waals surface area contributed by atoms with Crippen LogP contribution in [0.15, 0.2) is 251 Å². The molecule has 11 aromatic carbocycles. The van der Waals surface area contributed by atoms with Crippen molar-refractivity contribution in [2.45, 2.75) is 131 Å². The maximum absolute atomic E-state index is 6.01. The van der Waals surface area contributed by atoms with Gasteiger partial charge in [-0.05, 0) is 122 Å². The van der Waals surface area contributed by atoms with E-state index < -0.39 is 0 Å². The van der Waals surface area contributed by atoms with Crippen molar-refractivity contribution in [3.05, 3.63) is 270 Å². The van der Waals surface area contributed by atoms with E-state index in [1.54, 1.807) is 0 Å². The number of aromatic nitrogens is 1. The van der Waals surface area contributed by atoms with Crippen LogP contribution in [-0.4, -0.2) is 4.57 Å². The Morgan fingerprint density at radius 2 is 0.659 bits per heavy atom. The molecular weight excluding hydrogens is 1140 g/mol. The van der Waals surface area contributed by atoms with Gasteiger partial charge in [0.25, 0.3) is 0 Å². The van der Waals surface area contributed by atoms with Crippen LogP contribution in [0.4, 0.5) is 0 Å². The fraction of sp³-hybridized carbons (Fsp3) is 0.233. The molecule has 458 valence electrons. The van der Waals surface area contributed by atoms with Gasteiger partial charge in [0, 0.05) is 83.9 Å². The monoisotopic (exact) mass is 1230 g/mol. The molecule has 0 aliphatic heterocycles. The number of thiophene rings is 2. The predicted octanol–water partition coefficient (Wildman–Crippen LogP) is 26.6. The van der Waals surface area contributed by atoms with Gasteiger partial charge in [0.15, 0.2) is 0 Å². The van der Waals surface area contributed by atoms with E-state index in [0.717, 1.165) is 22.3 Å². The first-order valence-electron chi connectivity index (χ1n) is 32.1. The van der Waals surface area contributed by atoms with Gasteiger partial charge in [-0.1, -0.05) is 274 Å². The Balaban J connectivity index is 0.000000111. The molecule has 0 fully saturated rings. The van der Waals surface area contributed by atoms with Gasteiger partial charge in [-0.2, -0.15) is 0 Å². The third kappa shape index (κ3) is 12.9. The molecule has 0 unspecified atom stereocenters. The van der Waals surface area contributed by atoms with Crippen LogP contribution in [0.5, 0.6) is 0 Å². The first-order valence-corrected chi connectivity index (χ1v) is 33.7. The zero-order valence-corrected chi connectivity index (χ0v) is 57.3. The number of rotatable bonds is 1. The Bertz CT molecular complexity index is 4930. The molecule has 0 N–H and O–H groups in total. The first kappa shape index (κ1) is 62.5. The fourth-order valence-electron chi connectivity index (χ4n) is 12.4.